The molecule has 1 aliphatic heterocycles. The first kappa shape index (κ1) is 29.8. The first-order valence-electron chi connectivity index (χ1n) is 13.4. The Morgan fingerprint density at radius 1 is 0.781 bits per heavy atom. The number of piperidine rings is 1. The van der Waals surface area contributed by atoms with Gasteiger partial charge in [0.1, 0.15) is 0 Å². The molecule has 0 aromatic rings. The summed E-state index contributed by atoms with van der Waals surface area (Å²) in [5.41, 5.74) is -0.762. The lowest BCUT2D eigenvalue weighted by Gasteiger charge is -2.50. The van der Waals surface area contributed by atoms with Gasteiger partial charge in [-0.05, 0) is 86.5 Å². The van der Waals surface area contributed by atoms with Gasteiger partial charge in [0, 0.05) is 24.3 Å². The van der Waals surface area contributed by atoms with Gasteiger partial charge in [-0.3, -0.25) is 0 Å². The third-order valence-corrected chi connectivity index (χ3v) is 6.91. The Kier molecular flexibility index (Phi) is 13.9. The van der Waals surface area contributed by atoms with Crippen molar-refractivity contribution in [2.45, 2.75) is 162 Å². The molecule has 0 N–H and O–H groups in total. The molecule has 1 heterocycles. The molecule has 191 valence electrons. The molecular formula is C27H54NO4. The highest BCUT2D eigenvalue weighted by atomic mass is 16.5. The summed E-state index contributed by atoms with van der Waals surface area (Å²) in [5, 5.41) is 13.8. The molecular weight excluding hydrogens is 402 g/mol. The van der Waals surface area contributed by atoms with Crippen molar-refractivity contribution < 1.29 is 19.4 Å². The second-order valence-corrected chi connectivity index (χ2v) is 11.2. The lowest BCUT2D eigenvalue weighted by molar-refractivity contribution is -0.303. The number of hydroxylamine groups is 2. The average Bonchev–Trinajstić information content (AvgIpc) is 2.72. The van der Waals surface area contributed by atoms with Gasteiger partial charge in [-0.2, -0.15) is 0 Å². The van der Waals surface area contributed by atoms with E-state index >= 15 is 0 Å². The summed E-state index contributed by atoms with van der Waals surface area (Å²) in [6.07, 6.45) is 12.9. The van der Waals surface area contributed by atoms with Crippen LogP contribution in [0.5, 0.6) is 0 Å². The predicted molar refractivity (Wildman–Crippen MR) is 132 cm³/mol. The molecule has 0 bridgehead atoms. The van der Waals surface area contributed by atoms with Crippen molar-refractivity contribution in [2.75, 3.05) is 13.2 Å². The molecule has 3 atom stereocenters. The Labute approximate surface area is 199 Å². The molecule has 5 heteroatoms. The lowest BCUT2D eigenvalue weighted by Crippen LogP contribution is -2.60. The third-order valence-electron chi connectivity index (χ3n) is 6.91. The zero-order valence-electron chi connectivity index (χ0n) is 22.6. The van der Waals surface area contributed by atoms with E-state index in [-0.39, 0.29) is 29.4 Å². The predicted octanol–water partition coefficient (Wildman–Crippen LogP) is 7.10. The molecule has 0 spiro atoms. The van der Waals surface area contributed by atoms with Gasteiger partial charge in [-0.1, -0.05) is 39.5 Å². The standard InChI is InChI=1S/C27H54NO4/c1-9-22(3)30-17-15-13-11-12-14-16-18-31-23(4)19-24(10-2)32-25-20-26(5,6)28(29)27(7,8)21-25/h22-25H,9-21H2,1-8H3. The van der Waals surface area contributed by atoms with E-state index in [4.69, 9.17) is 14.2 Å². The Bertz CT molecular complexity index is 464. The summed E-state index contributed by atoms with van der Waals surface area (Å²) in [7, 11) is 0. The van der Waals surface area contributed by atoms with E-state index < -0.39 is 0 Å². The fourth-order valence-corrected chi connectivity index (χ4v) is 4.89. The highest BCUT2D eigenvalue weighted by Gasteiger charge is 2.47. The van der Waals surface area contributed by atoms with Gasteiger partial charge in [0.05, 0.1) is 24.4 Å². The van der Waals surface area contributed by atoms with E-state index in [1.54, 1.807) is 0 Å². The van der Waals surface area contributed by atoms with E-state index in [0.29, 0.717) is 6.10 Å². The van der Waals surface area contributed by atoms with Gasteiger partial charge < -0.3 is 14.2 Å². The summed E-state index contributed by atoms with van der Waals surface area (Å²) in [6.45, 7) is 18.5. The number of ether oxygens (including phenoxy) is 3. The number of nitrogens with zero attached hydrogens (tertiary/aromatic N) is 1. The minimum absolute atomic E-state index is 0.137. The molecule has 1 radical (unpaired) electrons. The largest absolute Gasteiger partial charge is 0.379 e. The van der Waals surface area contributed by atoms with E-state index in [0.717, 1.165) is 51.7 Å². The Balaban J connectivity index is 2.16. The highest BCUT2D eigenvalue weighted by molar-refractivity contribution is 4.96. The van der Waals surface area contributed by atoms with Crippen LogP contribution in [-0.2, 0) is 19.4 Å². The van der Waals surface area contributed by atoms with Crippen LogP contribution in [0.2, 0.25) is 0 Å². The molecule has 1 saturated heterocycles. The van der Waals surface area contributed by atoms with Gasteiger partial charge >= 0.3 is 0 Å². The number of hydrogen-bond donors (Lipinski definition) is 0. The summed E-state index contributed by atoms with van der Waals surface area (Å²) >= 11 is 0. The van der Waals surface area contributed by atoms with E-state index in [1.165, 1.54) is 37.2 Å². The fraction of sp³-hybridized carbons (Fsp3) is 1.00. The first-order chi connectivity index (χ1) is 15.0. The molecule has 1 rings (SSSR count). The minimum atomic E-state index is -0.381. The second-order valence-electron chi connectivity index (χ2n) is 11.2. The quantitative estimate of drug-likeness (QED) is 0.219. The Morgan fingerprint density at radius 3 is 1.72 bits per heavy atom. The van der Waals surface area contributed by atoms with Gasteiger partial charge in [0.15, 0.2) is 0 Å². The van der Waals surface area contributed by atoms with Gasteiger partial charge in [-0.25, -0.2) is 0 Å². The average molecular weight is 457 g/mol. The molecule has 0 aromatic carbocycles. The van der Waals surface area contributed by atoms with Gasteiger partial charge in [-0.15, -0.1) is 10.3 Å². The maximum atomic E-state index is 12.6. The van der Waals surface area contributed by atoms with Crippen molar-refractivity contribution in [3.63, 3.8) is 0 Å². The SMILES string of the molecule is CCC(C)OCCCCCCCCOC(C)CC(CC)OC1CC(C)(C)N([O])C(C)(C)C1. The summed E-state index contributed by atoms with van der Waals surface area (Å²) in [5.74, 6) is 0. The number of unbranched alkanes of at least 4 members (excludes halogenated alkanes) is 5. The Hall–Kier alpha value is -0.200. The van der Waals surface area contributed by atoms with Crippen LogP contribution in [0.1, 0.15) is 126 Å². The van der Waals surface area contributed by atoms with Crippen LogP contribution in [0.3, 0.4) is 0 Å². The van der Waals surface area contributed by atoms with Crippen molar-refractivity contribution in [1.82, 2.24) is 5.06 Å². The normalized spacial score (nSPS) is 22.0. The van der Waals surface area contributed by atoms with Crippen LogP contribution in [0.25, 0.3) is 0 Å². The van der Waals surface area contributed by atoms with Crippen LogP contribution >= 0.6 is 0 Å². The maximum absolute atomic E-state index is 12.6. The monoisotopic (exact) mass is 456 g/mol. The first-order valence-corrected chi connectivity index (χ1v) is 13.4. The van der Waals surface area contributed by atoms with Crippen LogP contribution < -0.4 is 0 Å². The van der Waals surface area contributed by atoms with E-state index in [9.17, 15) is 5.21 Å². The van der Waals surface area contributed by atoms with Crippen molar-refractivity contribution in [1.29, 1.82) is 0 Å². The molecule has 3 unspecified atom stereocenters. The van der Waals surface area contributed by atoms with Gasteiger partial charge in [0.2, 0.25) is 0 Å². The zero-order chi connectivity index (χ0) is 24.2. The third kappa shape index (κ3) is 11.3. The van der Waals surface area contributed by atoms with Crippen molar-refractivity contribution in [3.05, 3.63) is 0 Å². The van der Waals surface area contributed by atoms with Gasteiger partial charge in [0.25, 0.3) is 0 Å². The molecule has 0 amide bonds. The maximum Gasteiger partial charge on any atom is 0.0615 e. The Morgan fingerprint density at radius 2 is 1.25 bits per heavy atom. The summed E-state index contributed by atoms with van der Waals surface area (Å²) < 4.78 is 18.3. The van der Waals surface area contributed by atoms with Crippen molar-refractivity contribution in [3.8, 4) is 0 Å². The molecule has 0 saturated carbocycles. The van der Waals surface area contributed by atoms with E-state index in [1.807, 2.05) is 27.7 Å². The molecule has 1 aliphatic rings. The smallest absolute Gasteiger partial charge is 0.0615 e. The number of hydrogen-bond acceptors (Lipinski definition) is 4. The minimum Gasteiger partial charge on any atom is -0.379 e. The van der Waals surface area contributed by atoms with E-state index in [2.05, 4.69) is 27.7 Å². The van der Waals surface area contributed by atoms with Crippen molar-refractivity contribution in [2.24, 2.45) is 0 Å². The highest BCUT2D eigenvalue weighted by Crippen LogP contribution is 2.39. The summed E-state index contributed by atoms with van der Waals surface area (Å²) in [4.78, 5) is 0. The second kappa shape index (κ2) is 14.9. The van der Waals surface area contributed by atoms with Crippen LogP contribution in [0.4, 0.5) is 0 Å². The molecule has 0 aromatic heterocycles. The zero-order valence-corrected chi connectivity index (χ0v) is 22.6. The fourth-order valence-electron chi connectivity index (χ4n) is 4.89. The van der Waals surface area contributed by atoms with Crippen LogP contribution in [0.15, 0.2) is 0 Å². The number of rotatable bonds is 17. The molecule has 32 heavy (non-hydrogen) atoms. The molecule has 5 nitrogen and oxygen atoms in total. The topological polar surface area (TPSA) is 50.8 Å². The molecule has 1 fully saturated rings. The molecule has 0 aliphatic carbocycles. The van der Waals surface area contributed by atoms with Crippen LogP contribution in [-0.4, -0.2) is 53.8 Å². The van der Waals surface area contributed by atoms with Crippen LogP contribution in [0, 0.1) is 0 Å². The lowest BCUT2D eigenvalue weighted by atomic mass is 9.80. The summed E-state index contributed by atoms with van der Waals surface area (Å²) in [6, 6.07) is 0. The van der Waals surface area contributed by atoms with Crippen molar-refractivity contribution >= 4 is 0 Å².